The van der Waals surface area contributed by atoms with Gasteiger partial charge in [-0.15, -0.1) is 0 Å². The van der Waals surface area contributed by atoms with Gasteiger partial charge in [-0.05, 0) is 30.6 Å². The van der Waals surface area contributed by atoms with Crippen molar-refractivity contribution in [2.45, 2.75) is 13.0 Å². The largest absolute Gasteiger partial charge is 0.381 e. The number of aryl methyl sites for hydroxylation is 2. The number of hydrogen-bond donors (Lipinski definition) is 1. The van der Waals surface area contributed by atoms with Crippen LogP contribution >= 0.6 is 11.5 Å². The zero-order valence-corrected chi connectivity index (χ0v) is 8.82. The highest BCUT2D eigenvalue weighted by molar-refractivity contribution is 7.05. The van der Waals surface area contributed by atoms with Gasteiger partial charge in [-0.1, -0.05) is 0 Å². The van der Waals surface area contributed by atoms with Crippen molar-refractivity contribution in [3.05, 3.63) is 34.6 Å². The molecule has 1 unspecified atom stereocenters. The highest BCUT2D eigenvalue weighted by atomic mass is 32.1. The van der Waals surface area contributed by atoms with Crippen LogP contribution in [0.3, 0.4) is 0 Å². The molecule has 0 saturated carbocycles. The molecular formula is C9H11N3OS. The van der Waals surface area contributed by atoms with Crippen molar-refractivity contribution in [3.8, 4) is 0 Å². The average molecular weight is 209 g/mol. The van der Waals surface area contributed by atoms with E-state index >= 15 is 0 Å². The maximum atomic E-state index is 9.98. The third kappa shape index (κ3) is 1.56. The number of hydrogen-bond acceptors (Lipinski definition) is 4. The van der Waals surface area contributed by atoms with E-state index in [-0.39, 0.29) is 0 Å². The van der Waals surface area contributed by atoms with Gasteiger partial charge < -0.3 is 5.11 Å². The van der Waals surface area contributed by atoms with Crippen LogP contribution in [0.25, 0.3) is 0 Å². The van der Waals surface area contributed by atoms with Crippen LogP contribution in [0.15, 0.2) is 18.3 Å². The summed E-state index contributed by atoms with van der Waals surface area (Å²) < 4.78 is 5.80. The van der Waals surface area contributed by atoms with Crippen molar-refractivity contribution < 1.29 is 5.11 Å². The lowest BCUT2D eigenvalue weighted by molar-refractivity contribution is 0.213. The van der Waals surface area contributed by atoms with E-state index in [9.17, 15) is 5.11 Å². The number of rotatable bonds is 2. The van der Waals surface area contributed by atoms with Gasteiger partial charge in [0.1, 0.15) is 6.10 Å². The van der Waals surface area contributed by atoms with Crippen molar-refractivity contribution in [1.29, 1.82) is 0 Å². The van der Waals surface area contributed by atoms with Gasteiger partial charge in [0.05, 0.1) is 16.3 Å². The molecule has 0 saturated heterocycles. The molecule has 0 amide bonds. The molecule has 14 heavy (non-hydrogen) atoms. The minimum absolute atomic E-state index is 0.617. The lowest BCUT2D eigenvalue weighted by atomic mass is 10.2. The molecule has 74 valence electrons. The summed E-state index contributed by atoms with van der Waals surface area (Å²) in [6.07, 6.45) is 1.06. The summed E-state index contributed by atoms with van der Waals surface area (Å²) in [4.78, 5) is 0.853. The van der Waals surface area contributed by atoms with Crippen molar-refractivity contribution in [1.82, 2.24) is 14.2 Å². The van der Waals surface area contributed by atoms with Crippen LogP contribution in [-0.4, -0.2) is 19.3 Å². The second kappa shape index (κ2) is 3.51. The first-order valence-corrected chi connectivity index (χ1v) is 5.05. The van der Waals surface area contributed by atoms with E-state index in [1.807, 2.05) is 20.0 Å². The Morgan fingerprint density at radius 2 is 2.36 bits per heavy atom. The number of aliphatic hydroxyl groups is 1. The fourth-order valence-corrected chi connectivity index (χ4v) is 2.06. The van der Waals surface area contributed by atoms with E-state index in [4.69, 9.17) is 0 Å². The van der Waals surface area contributed by atoms with Crippen molar-refractivity contribution in [2.24, 2.45) is 7.05 Å². The molecule has 0 fully saturated rings. The molecule has 0 bridgehead atoms. The topological polar surface area (TPSA) is 50.9 Å². The van der Waals surface area contributed by atoms with Gasteiger partial charge in [0.2, 0.25) is 0 Å². The molecule has 1 atom stereocenters. The fourth-order valence-electron chi connectivity index (χ4n) is 1.31. The lowest BCUT2D eigenvalue weighted by Gasteiger charge is -2.07. The maximum absolute atomic E-state index is 9.98. The van der Waals surface area contributed by atoms with Crippen LogP contribution in [0.2, 0.25) is 0 Å². The molecule has 0 aliphatic carbocycles. The zero-order chi connectivity index (χ0) is 10.1. The minimum atomic E-state index is -0.617. The Morgan fingerprint density at radius 3 is 2.86 bits per heavy atom. The second-order valence-electron chi connectivity index (χ2n) is 3.15. The minimum Gasteiger partial charge on any atom is -0.381 e. The predicted octanol–water partition coefficient (Wildman–Crippen LogP) is 1.27. The summed E-state index contributed by atoms with van der Waals surface area (Å²) in [5.74, 6) is 0. The van der Waals surface area contributed by atoms with E-state index in [2.05, 4.69) is 9.47 Å². The van der Waals surface area contributed by atoms with Gasteiger partial charge in [0.15, 0.2) is 0 Å². The Labute approximate surface area is 86.0 Å². The van der Waals surface area contributed by atoms with Crippen molar-refractivity contribution in [3.63, 3.8) is 0 Å². The number of aromatic nitrogens is 3. The Balaban J connectivity index is 2.33. The average Bonchev–Trinajstić information content (AvgIpc) is 2.73. The lowest BCUT2D eigenvalue weighted by Crippen LogP contribution is -2.04. The van der Waals surface area contributed by atoms with Crippen LogP contribution in [0.5, 0.6) is 0 Å². The molecule has 0 spiro atoms. The molecule has 0 aliphatic heterocycles. The van der Waals surface area contributed by atoms with E-state index in [0.717, 1.165) is 16.3 Å². The molecule has 0 radical (unpaired) electrons. The third-order valence-electron chi connectivity index (χ3n) is 2.05. The molecule has 0 aliphatic rings. The van der Waals surface area contributed by atoms with Gasteiger partial charge >= 0.3 is 0 Å². The van der Waals surface area contributed by atoms with Gasteiger partial charge in [-0.25, -0.2) is 0 Å². The Bertz CT molecular complexity index is 435. The summed E-state index contributed by atoms with van der Waals surface area (Å²) in [5, 5.41) is 14.0. The summed E-state index contributed by atoms with van der Waals surface area (Å²) >= 11 is 1.32. The highest BCUT2D eigenvalue weighted by Gasteiger charge is 2.15. The standard InChI is InChI=1S/C9H11N3OS/c1-6-5-8(14-11-6)9(13)7-3-4-10-12(7)2/h3-5,9,13H,1-2H3. The van der Waals surface area contributed by atoms with Crippen LogP contribution < -0.4 is 0 Å². The van der Waals surface area contributed by atoms with Gasteiger partial charge in [0.25, 0.3) is 0 Å². The van der Waals surface area contributed by atoms with Crippen molar-refractivity contribution in [2.75, 3.05) is 0 Å². The van der Waals surface area contributed by atoms with Crippen LogP contribution in [0.4, 0.5) is 0 Å². The highest BCUT2D eigenvalue weighted by Crippen LogP contribution is 2.24. The molecule has 2 aromatic heterocycles. The first-order valence-electron chi connectivity index (χ1n) is 4.27. The number of nitrogens with zero attached hydrogens (tertiary/aromatic N) is 3. The maximum Gasteiger partial charge on any atom is 0.131 e. The van der Waals surface area contributed by atoms with Gasteiger partial charge in [0, 0.05) is 13.2 Å². The van der Waals surface area contributed by atoms with Crippen molar-refractivity contribution >= 4 is 11.5 Å². The van der Waals surface area contributed by atoms with Gasteiger partial charge in [-0.2, -0.15) is 9.47 Å². The van der Waals surface area contributed by atoms with Gasteiger partial charge in [-0.3, -0.25) is 4.68 Å². The SMILES string of the molecule is Cc1cc(C(O)c2ccnn2C)sn1. The Kier molecular flexibility index (Phi) is 2.35. The van der Waals surface area contributed by atoms with Crippen LogP contribution in [0, 0.1) is 6.92 Å². The smallest absolute Gasteiger partial charge is 0.131 e. The molecule has 2 aromatic rings. The van der Waals surface area contributed by atoms with Crippen LogP contribution in [0.1, 0.15) is 22.4 Å². The third-order valence-corrected chi connectivity index (χ3v) is 2.99. The zero-order valence-electron chi connectivity index (χ0n) is 8.01. The summed E-state index contributed by atoms with van der Waals surface area (Å²) in [6.45, 7) is 1.91. The molecule has 4 nitrogen and oxygen atoms in total. The Hall–Kier alpha value is -1.20. The van der Waals surface area contributed by atoms with E-state index < -0.39 is 6.10 Å². The second-order valence-corrected chi connectivity index (χ2v) is 3.99. The van der Waals surface area contributed by atoms with E-state index in [0.29, 0.717) is 0 Å². The molecule has 2 heterocycles. The summed E-state index contributed by atoms with van der Waals surface area (Å²) in [5.41, 5.74) is 1.72. The fraction of sp³-hybridized carbons (Fsp3) is 0.333. The quantitative estimate of drug-likeness (QED) is 0.810. The van der Waals surface area contributed by atoms with E-state index in [1.165, 1.54) is 11.5 Å². The Morgan fingerprint density at radius 1 is 1.57 bits per heavy atom. The van der Waals surface area contributed by atoms with Crippen LogP contribution in [-0.2, 0) is 7.05 Å². The summed E-state index contributed by atoms with van der Waals surface area (Å²) in [6, 6.07) is 3.70. The summed E-state index contributed by atoms with van der Waals surface area (Å²) in [7, 11) is 1.81. The molecule has 5 heteroatoms. The molecule has 2 rings (SSSR count). The monoisotopic (exact) mass is 209 g/mol. The van der Waals surface area contributed by atoms with E-state index in [1.54, 1.807) is 16.9 Å². The number of aliphatic hydroxyl groups excluding tert-OH is 1. The predicted molar refractivity (Wildman–Crippen MR) is 54.1 cm³/mol. The molecular weight excluding hydrogens is 198 g/mol. The first kappa shape index (κ1) is 9.36. The molecule has 1 N–H and O–H groups in total. The normalized spacial score (nSPS) is 13.1. The first-order chi connectivity index (χ1) is 6.68. The molecule has 0 aromatic carbocycles.